The van der Waals surface area contributed by atoms with Gasteiger partial charge in [0.05, 0.1) is 31.0 Å². The fourth-order valence-electron chi connectivity index (χ4n) is 3.77. The van der Waals surface area contributed by atoms with Crippen LogP contribution in [0.2, 0.25) is 0 Å². The second-order valence-corrected chi connectivity index (χ2v) is 7.18. The molecule has 2 aromatic carbocycles. The van der Waals surface area contributed by atoms with Crippen LogP contribution in [0, 0.1) is 0 Å². The molecule has 1 aromatic heterocycles. The van der Waals surface area contributed by atoms with E-state index in [0.717, 1.165) is 5.56 Å². The number of methoxy groups -OCH3 is 1. The summed E-state index contributed by atoms with van der Waals surface area (Å²) in [5, 5.41) is 31.0. The molecule has 29 heavy (non-hydrogen) atoms. The van der Waals surface area contributed by atoms with Gasteiger partial charge in [-0.3, -0.25) is 4.79 Å². The quantitative estimate of drug-likeness (QED) is 0.622. The van der Waals surface area contributed by atoms with Crippen molar-refractivity contribution in [2.75, 3.05) is 7.11 Å². The molecule has 1 aliphatic heterocycles. The molecular weight excluding hydrogens is 376 g/mol. The smallest absolute Gasteiger partial charge is 0.197 e. The maximum Gasteiger partial charge on any atom is 0.197 e. The zero-order chi connectivity index (χ0) is 20.7. The minimum atomic E-state index is -1.03. The average Bonchev–Trinajstić information content (AvgIpc) is 2.71. The van der Waals surface area contributed by atoms with Crippen molar-refractivity contribution < 1.29 is 29.2 Å². The van der Waals surface area contributed by atoms with Gasteiger partial charge in [-0.15, -0.1) is 0 Å². The first-order valence-electron chi connectivity index (χ1n) is 9.35. The Kier molecular flexibility index (Phi) is 5.04. The molecule has 4 unspecified atom stereocenters. The first-order chi connectivity index (χ1) is 13.9. The van der Waals surface area contributed by atoms with Crippen LogP contribution in [0.15, 0.2) is 51.7 Å². The van der Waals surface area contributed by atoms with Crippen LogP contribution in [0.25, 0.3) is 22.3 Å². The lowest BCUT2D eigenvalue weighted by atomic mass is 9.92. The molecule has 0 bridgehead atoms. The molecule has 4 rings (SSSR count). The first kappa shape index (κ1) is 19.4. The number of benzene rings is 2. The van der Waals surface area contributed by atoms with Crippen LogP contribution in [-0.2, 0) is 4.74 Å². The fraction of sp³-hybridized carbons (Fsp3) is 0.318. The summed E-state index contributed by atoms with van der Waals surface area (Å²) in [6.07, 6.45) is -3.41. The Hall–Kier alpha value is -2.87. The van der Waals surface area contributed by atoms with Gasteiger partial charge >= 0.3 is 0 Å². The Morgan fingerprint density at radius 2 is 1.86 bits per heavy atom. The van der Waals surface area contributed by atoms with Crippen molar-refractivity contribution in [3.05, 3.63) is 58.3 Å². The average molecular weight is 398 g/mol. The number of rotatable bonds is 3. The third-order valence-electron chi connectivity index (χ3n) is 5.30. The van der Waals surface area contributed by atoms with Gasteiger partial charge in [0.1, 0.15) is 34.3 Å². The molecule has 4 atom stereocenters. The standard InChI is InChI=1S/C22H22O7/c1-11-21(25)14(24)9-17(28-11)20-16(27-2)10-18-19(22(20)26)13(23)8-15(29-18)12-6-4-3-5-7-12/h3-8,10-11,14,17,21,24-26H,9H2,1-2H3. The highest BCUT2D eigenvalue weighted by Gasteiger charge is 2.38. The fourth-order valence-corrected chi connectivity index (χ4v) is 3.77. The van der Waals surface area contributed by atoms with Crippen LogP contribution in [0.5, 0.6) is 11.5 Å². The monoisotopic (exact) mass is 398 g/mol. The van der Waals surface area contributed by atoms with E-state index < -0.39 is 29.8 Å². The van der Waals surface area contributed by atoms with Crippen LogP contribution < -0.4 is 10.2 Å². The Morgan fingerprint density at radius 3 is 2.52 bits per heavy atom. The summed E-state index contributed by atoms with van der Waals surface area (Å²) in [6, 6.07) is 12.0. The third kappa shape index (κ3) is 3.37. The SMILES string of the molecule is COc1cc2oc(-c3ccccc3)cc(=O)c2c(O)c1C1CC(O)C(O)C(C)O1. The van der Waals surface area contributed by atoms with Gasteiger partial charge in [-0.25, -0.2) is 0 Å². The van der Waals surface area contributed by atoms with Gasteiger partial charge in [0.25, 0.3) is 0 Å². The molecule has 3 N–H and O–H groups in total. The second-order valence-electron chi connectivity index (χ2n) is 7.18. The molecule has 152 valence electrons. The molecule has 1 fully saturated rings. The predicted molar refractivity (Wildman–Crippen MR) is 106 cm³/mol. The number of aliphatic hydroxyl groups excluding tert-OH is 2. The van der Waals surface area contributed by atoms with Crippen molar-refractivity contribution in [2.24, 2.45) is 0 Å². The van der Waals surface area contributed by atoms with Crippen molar-refractivity contribution in [3.8, 4) is 22.8 Å². The van der Waals surface area contributed by atoms with Crippen molar-refractivity contribution in [2.45, 2.75) is 37.8 Å². The predicted octanol–water partition coefficient (Wildman–Crippen LogP) is 2.75. The van der Waals surface area contributed by atoms with Crippen molar-refractivity contribution >= 4 is 11.0 Å². The molecule has 7 nitrogen and oxygen atoms in total. The molecule has 0 spiro atoms. The van der Waals surface area contributed by atoms with E-state index in [1.165, 1.54) is 19.2 Å². The highest BCUT2D eigenvalue weighted by atomic mass is 16.5. The van der Waals surface area contributed by atoms with Gasteiger partial charge in [0.2, 0.25) is 0 Å². The number of fused-ring (bicyclic) bond motifs is 1. The minimum Gasteiger partial charge on any atom is -0.506 e. The number of aromatic hydroxyl groups is 1. The van der Waals surface area contributed by atoms with E-state index in [9.17, 15) is 20.1 Å². The molecule has 0 aliphatic carbocycles. The number of aliphatic hydroxyl groups is 2. The van der Waals surface area contributed by atoms with E-state index in [-0.39, 0.29) is 34.5 Å². The summed E-state index contributed by atoms with van der Waals surface area (Å²) < 4.78 is 17.1. The van der Waals surface area contributed by atoms with Crippen molar-refractivity contribution in [1.29, 1.82) is 0 Å². The van der Waals surface area contributed by atoms with Gasteiger partial charge in [-0.05, 0) is 6.92 Å². The lowest BCUT2D eigenvalue weighted by Gasteiger charge is -2.36. The molecular formula is C22H22O7. The highest BCUT2D eigenvalue weighted by molar-refractivity contribution is 5.88. The second kappa shape index (κ2) is 7.51. The highest BCUT2D eigenvalue weighted by Crippen LogP contribution is 2.44. The van der Waals surface area contributed by atoms with Gasteiger partial charge in [0, 0.05) is 24.1 Å². The molecule has 1 saturated heterocycles. The van der Waals surface area contributed by atoms with Gasteiger partial charge in [-0.2, -0.15) is 0 Å². The topological polar surface area (TPSA) is 109 Å². The maximum atomic E-state index is 12.8. The number of hydrogen-bond acceptors (Lipinski definition) is 7. The first-order valence-corrected chi connectivity index (χ1v) is 9.35. The zero-order valence-electron chi connectivity index (χ0n) is 16.0. The minimum absolute atomic E-state index is 0.0114. The maximum absolute atomic E-state index is 12.8. The normalized spacial score (nSPS) is 24.6. The van der Waals surface area contributed by atoms with Crippen molar-refractivity contribution in [1.82, 2.24) is 0 Å². The number of phenolic OH excluding ortho intramolecular Hbond substituents is 1. The largest absolute Gasteiger partial charge is 0.506 e. The van der Waals surface area contributed by atoms with E-state index >= 15 is 0 Å². The molecule has 3 aromatic rings. The van der Waals surface area contributed by atoms with Gasteiger partial charge < -0.3 is 29.2 Å². The lowest BCUT2D eigenvalue weighted by molar-refractivity contribution is -0.164. The summed E-state index contributed by atoms with van der Waals surface area (Å²) in [7, 11) is 1.43. The van der Waals surface area contributed by atoms with Gasteiger partial charge in [-0.1, -0.05) is 30.3 Å². The summed E-state index contributed by atoms with van der Waals surface area (Å²) in [5.41, 5.74) is 0.753. The van der Waals surface area contributed by atoms with E-state index in [1.54, 1.807) is 6.92 Å². The zero-order valence-corrected chi connectivity index (χ0v) is 16.0. The molecule has 0 saturated carbocycles. The molecule has 0 radical (unpaired) electrons. The van der Waals surface area contributed by atoms with E-state index in [0.29, 0.717) is 5.76 Å². The van der Waals surface area contributed by atoms with E-state index in [2.05, 4.69) is 0 Å². The lowest BCUT2D eigenvalue weighted by Crippen LogP contribution is -2.44. The number of ether oxygens (including phenoxy) is 2. The van der Waals surface area contributed by atoms with E-state index in [4.69, 9.17) is 13.9 Å². The molecule has 0 amide bonds. The summed E-state index contributed by atoms with van der Waals surface area (Å²) in [4.78, 5) is 12.8. The van der Waals surface area contributed by atoms with Gasteiger partial charge in [0.15, 0.2) is 5.43 Å². The number of phenols is 1. The van der Waals surface area contributed by atoms with E-state index in [1.807, 2.05) is 30.3 Å². The Labute approximate surface area is 166 Å². The summed E-state index contributed by atoms with van der Waals surface area (Å²) in [6.45, 7) is 1.63. The van der Waals surface area contributed by atoms with Crippen molar-refractivity contribution in [3.63, 3.8) is 0 Å². The van der Waals surface area contributed by atoms with Crippen LogP contribution in [0.3, 0.4) is 0 Å². The Balaban J connectivity index is 1.88. The summed E-state index contributed by atoms with van der Waals surface area (Å²) in [5.74, 6) is 0.330. The molecule has 7 heteroatoms. The Bertz CT molecular complexity index is 1080. The van der Waals surface area contributed by atoms with Crippen LogP contribution in [0.4, 0.5) is 0 Å². The van der Waals surface area contributed by atoms with Crippen LogP contribution in [-0.4, -0.2) is 40.7 Å². The molecule has 1 aliphatic rings. The van der Waals surface area contributed by atoms with Crippen LogP contribution in [0.1, 0.15) is 25.0 Å². The van der Waals surface area contributed by atoms with Crippen LogP contribution >= 0.6 is 0 Å². The Morgan fingerprint density at radius 1 is 1.14 bits per heavy atom. The third-order valence-corrected chi connectivity index (χ3v) is 5.30. The number of hydrogen-bond donors (Lipinski definition) is 3. The molecule has 2 heterocycles. The summed E-state index contributed by atoms with van der Waals surface area (Å²) >= 11 is 0.